The van der Waals surface area contributed by atoms with Gasteiger partial charge in [-0.15, -0.1) is 46.2 Å². The van der Waals surface area contributed by atoms with Crippen LogP contribution in [0.4, 0.5) is 0 Å². The van der Waals surface area contributed by atoms with Crippen LogP contribution in [0.15, 0.2) is 60.7 Å². The molecule has 3 aromatic rings. The number of aryl methyl sites for hydroxylation is 2. The van der Waals surface area contributed by atoms with Crippen LogP contribution in [0.2, 0.25) is 0 Å². The molecule has 0 nitrogen and oxygen atoms in total. The standard InChI is InChI=1S/C15H13.C5H5.C4H6.2ClH.Zr/c1-10-3-5-12-9-13-6-4-11(2)8-15(13)14(12)7-10;1-2-4-5-3-1;1-2-4-3-1;;;/h3-9H,1-2H3;1-3H,4H2;1-3H2;2*1H;/q2*-1;;;;+2/p-2. The third kappa shape index (κ3) is 6.90. The number of allylic oxidation sites excluding steroid dienone is 4. The molecular formula is C24H24Cl2Zr-2. The van der Waals surface area contributed by atoms with Crippen LogP contribution in [0.1, 0.15) is 36.8 Å². The van der Waals surface area contributed by atoms with E-state index in [0.29, 0.717) is 0 Å². The number of hydrogen-bond acceptors (Lipinski definition) is 0. The first kappa shape index (κ1) is 24.2. The number of halogens is 2. The van der Waals surface area contributed by atoms with E-state index in [4.69, 9.17) is 0 Å². The van der Waals surface area contributed by atoms with Gasteiger partial charge in [0.1, 0.15) is 0 Å². The minimum absolute atomic E-state index is 0. The molecule has 0 spiro atoms. The zero-order chi connectivity index (χ0) is 17.6. The van der Waals surface area contributed by atoms with Crippen LogP contribution < -0.4 is 24.8 Å². The van der Waals surface area contributed by atoms with E-state index < -0.39 is 0 Å². The first-order chi connectivity index (χ1) is 12.1. The number of rotatable bonds is 0. The van der Waals surface area contributed by atoms with Gasteiger partial charge in [0.25, 0.3) is 0 Å². The van der Waals surface area contributed by atoms with Crippen molar-refractivity contribution in [2.24, 2.45) is 0 Å². The maximum atomic E-state index is 2.99. The second-order valence-corrected chi connectivity index (χ2v) is 8.52. The Labute approximate surface area is 190 Å². The van der Waals surface area contributed by atoms with Gasteiger partial charge in [-0.25, -0.2) is 12.2 Å². The zero-order valence-corrected chi connectivity index (χ0v) is 19.8. The molecule has 0 aromatic heterocycles. The van der Waals surface area contributed by atoms with Gasteiger partial charge in [-0.2, -0.15) is 6.08 Å². The van der Waals surface area contributed by atoms with Crippen LogP contribution in [0.25, 0.3) is 21.5 Å². The summed E-state index contributed by atoms with van der Waals surface area (Å²) in [5, 5.41) is 5.46. The van der Waals surface area contributed by atoms with Crippen LogP contribution >= 0.6 is 0 Å². The van der Waals surface area contributed by atoms with E-state index in [1.807, 2.05) is 12.2 Å². The van der Waals surface area contributed by atoms with Gasteiger partial charge in [0.2, 0.25) is 0 Å². The summed E-state index contributed by atoms with van der Waals surface area (Å²) in [6.45, 7) is 4.29. The molecule has 1 fully saturated rings. The maximum absolute atomic E-state index is 2.99. The molecule has 3 aromatic carbocycles. The molecule has 0 N–H and O–H groups in total. The number of fused-ring (bicyclic) bond motifs is 3. The normalized spacial score (nSPS) is 13.7. The Balaban J connectivity index is 0.000000253. The Morgan fingerprint density at radius 2 is 1.41 bits per heavy atom. The Kier molecular flexibility index (Phi) is 10.6. The van der Waals surface area contributed by atoms with Crippen LogP contribution in [0.5, 0.6) is 0 Å². The predicted molar refractivity (Wildman–Crippen MR) is 107 cm³/mol. The Morgan fingerprint density at radius 3 is 1.70 bits per heavy atom. The number of benzene rings is 2. The third-order valence-electron chi connectivity index (χ3n) is 4.56. The molecule has 140 valence electrons. The fourth-order valence-corrected chi connectivity index (χ4v) is 3.79. The van der Waals surface area contributed by atoms with Crippen molar-refractivity contribution < 1.29 is 49.0 Å². The summed E-state index contributed by atoms with van der Waals surface area (Å²) in [6.07, 6.45) is 14.4. The van der Waals surface area contributed by atoms with Gasteiger partial charge in [0.05, 0.1) is 0 Å². The summed E-state index contributed by atoms with van der Waals surface area (Å²) >= 11 is 1.67. The van der Waals surface area contributed by atoms with Crippen molar-refractivity contribution in [2.45, 2.75) is 39.5 Å². The summed E-state index contributed by atoms with van der Waals surface area (Å²) in [4.78, 5) is 0. The average Bonchev–Trinajstić information content (AvgIpc) is 3.25. The van der Waals surface area contributed by atoms with E-state index in [0.717, 1.165) is 6.42 Å². The first-order valence-corrected chi connectivity index (χ1v) is 10.2. The molecule has 0 atom stereocenters. The van der Waals surface area contributed by atoms with Crippen LogP contribution in [0.3, 0.4) is 0 Å². The monoisotopic (exact) mass is 472 g/mol. The van der Waals surface area contributed by atoms with E-state index in [9.17, 15) is 0 Å². The molecule has 27 heavy (non-hydrogen) atoms. The molecule has 0 amide bonds. The van der Waals surface area contributed by atoms with Crippen molar-refractivity contribution in [3.63, 3.8) is 0 Å². The molecule has 0 bridgehead atoms. The average molecular weight is 475 g/mol. The quantitative estimate of drug-likeness (QED) is 0.417. The van der Waals surface area contributed by atoms with Crippen molar-refractivity contribution >= 4 is 24.8 Å². The van der Waals surface area contributed by atoms with Crippen LogP contribution in [0, 0.1) is 19.9 Å². The fourth-order valence-electron chi connectivity index (χ4n) is 2.92. The molecule has 1 saturated carbocycles. The van der Waals surface area contributed by atoms with Gasteiger partial charge in [-0.05, 0) is 13.8 Å². The predicted octanol–water partition coefficient (Wildman–Crippen LogP) is 0.532. The summed E-state index contributed by atoms with van der Waals surface area (Å²) in [7, 11) is 0. The van der Waals surface area contributed by atoms with Crippen LogP contribution in [-0.2, 0) is 24.2 Å². The van der Waals surface area contributed by atoms with Crippen molar-refractivity contribution in [2.75, 3.05) is 0 Å². The van der Waals surface area contributed by atoms with Crippen molar-refractivity contribution in [1.82, 2.24) is 0 Å². The summed E-state index contributed by atoms with van der Waals surface area (Å²) in [5.74, 6) is 0. The first-order valence-electron chi connectivity index (χ1n) is 8.98. The van der Waals surface area contributed by atoms with Gasteiger partial charge >= 0.3 is 46.7 Å². The van der Waals surface area contributed by atoms with Crippen LogP contribution in [-0.4, -0.2) is 3.21 Å². The Bertz CT molecular complexity index is 875. The molecule has 0 radical (unpaired) electrons. The van der Waals surface area contributed by atoms with Gasteiger partial charge in [-0.3, -0.25) is 6.08 Å². The third-order valence-corrected chi connectivity index (χ3v) is 5.79. The molecule has 5 rings (SSSR count). The van der Waals surface area contributed by atoms with E-state index in [-0.39, 0.29) is 24.8 Å². The molecule has 3 heteroatoms. The molecular weight excluding hydrogens is 450 g/mol. The second-order valence-electron chi connectivity index (χ2n) is 6.79. The molecule has 0 unspecified atom stereocenters. The van der Waals surface area contributed by atoms with Gasteiger partial charge < -0.3 is 24.8 Å². The van der Waals surface area contributed by atoms with E-state index in [1.54, 1.807) is 27.4 Å². The van der Waals surface area contributed by atoms with E-state index >= 15 is 0 Å². The Morgan fingerprint density at radius 1 is 0.889 bits per heavy atom. The second kappa shape index (κ2) is 11.9. The van der Waals surface area contributed by atoms with Crippen molar-refractivity contribution in [1.29, 1.82) is 0 Å². The molecule has 0 aliphatic heterocycles. The minimum atomic E-state index is 0. The van der Waals surface area contributed by atoms with E-state index in [2.05, 4.69) is 68.5 Å². The SMILES string of the molecule is Cc1ccc2[cH-]c3ccc(C)cc3c2c1.[C-]1=CC=CC1.[Cl-].[Cl-].[Zr+2]=[C]1CCC1. The summed E-state index contributed by atoms with van der Waals surface area (Å²) in [6, 6.07) is 15.6. The van der Waals surface area contributed by atoms with Gasteiger partial charge in [-0.1, -0.05) is 35.4 Å². The summed E-state index contributed by atoms with van der Waals surface area (Å²) < 4.78 is 1.78. The van der Waals surface area contributed by atoms with Gasteiger partial charge in [0, 0.05) is 0 Å². The van der Waals surface area contributed by atoms with Gasteiger partial charge in [0.15, 0.2) is 0 Å². The molecule has 2 aliphatic carbocycles. The Hall–Kier alpha value is -0.877. The topological polar surface area (TPSA) is 0 Å². The van der Waals surface area contributed by atoms with Crippen molar-refractivity contribution in [3.8, 4) is 0 Å². The van der Waals surface area contributed by atoms with Crippen molar-refractivity contribution in [3.05, 3.63) is 77.9 Å². The zero-order valence-electron chi connectivity index (χ0n) is 15.9. The molecule has 0 heterocycles. The summed E-state index contributed by atoms with van der Waals surface area (Å²) in [5.41, 5.74) is 2.66. The molecule has 0 saturated heterocycles. The molecule has 2 aliphatic rings. The number of hydrogen-bond donors (Lipinski definition) is 0. The van der Waals surface area contributed by atoms with E-state index in [1.165, 1.54) is 51.9 Å². The fraction of sp³-hybridized carbons (Fsp3) is 0.250.